The number of nitrogens with zero attached hydrogens (tertiary/aromatic N) is 3. The molecule has 1 heterocycles. The highest BCUT2D eigenvalue weighted by molar-refractivity contribution is 7.98. The van der Waals surface area contributed by atoms with Gasteiger partial charge in [-0.15, -0.1) is 10.2 Å². The Balaban J connectivity index is 2.10. The number of hydrogen-bond acceptors (Lipinski definition) is 4. The highest BCUT2D eigenvalue weighted by atomic mass is 32.2. The molecule has 0 aliphatic carbocycles. The number of hydrogen-bond donors (Lipinski definition) is 1. The van der Waals surface area contributed by atoms with Gasteiger partial charge in [-0.2, -0.15) is 13.2 Å². The van der Waals surface area contributed by atoms with Crippen LogP contribution < -0.4 is 5.73 Å². The summed E-state index contributed by atoms with van der Waals surface area (Å²) in [7, 11) is 1.70. The van der Waals surface area contributed by atoms with Crippen molar-refractivity contribution in [3.63, 3.8) is 0 Å². The minimum atomic E-state index is -4.32. The molecular formula is C11H11F3N4S. The maximum Gasteiger partial charge on any atom is 0.416 e. The molecule has 0 amide bonds. The van der Waals surface area contributed by atoms with Gasteiger partial charge in [0.25, 0.3) is 0 Å². The molecule has 2 aromatic rings. The van der Waals surface area contributed by atoms with Crippen LogP contribution in [0.3, 0.4) is 0 Å². The van der Waals surface area contributed by atoms with Gasteiger partial charge in [-0.1, -0.05) is 30.0 Å². The fourth-order valence-electron chi connectivity index (χ4n) is 1.44. The first-order valence-electron chi connectivity index (χ1n) is 5.31. The summed E-state index contributed by atoms with van der Waals surface area (Å²) in [5, 5.41) is 8.07. The van der Waals surface area contributed by atoms with Crippen molar-refractivity contribution in [1.29, 1.82) is 0 Å². The molecule has 0 saturated heterocycles. The van der Waals surface area contributed by atoms with Gasteiger partial charge in [0.2, 0.25) is 5.95 Å². The van der Waals surface area contributed by atoms with Crippen molar-refractivity contribution in [2.75, 3.05) is 5.73 Å². The molecule has 0 saturated carbocycles. The van der Waals surface area contributed by atoms with E-state index >= 15 is 0 Å². The summed E-state index contributed by atoms with van der Waals surface area (Å²) in [5.41, 5.74) is 5.44. The highest BCUT2D eigenvalue weighted by Gasteiger charge is 2.30. The van der Waals surface area contributed by atoms with E-state index in [1.165, 1.54) is 17.8 Å². The first-order chi connectivity index (χ1) is 8.88. The van der Waals surface area contributed by atoms with Crippen LogP contribution in [0.5, 0.6) is 0 Å². The Labute approximate surface area is 111 Å². The van der Waals surface area contributed by atoms with Gasteiger partial charge < -0.3 is 5.73 Å². The van der Waals surface area contributed by atoms with Gasteiger partial charge in [0.1, 0.15) is 0 Å². The van der Waals surface area contributed by atoms with E-state index in [2.05, 4.69) is 10.2 Å². The molecular weight excluding hydrogens is 277 g/mol. The Morgan fingerprint density at radius 1 is 1.32 bits per heavy atom. The molecule has 1 aromatic carbocycles. The third-order valence-corrected chi connectivity index (χ3v) is 3.58. The van der Waals surface area contributed by atoms with E-state index in [1.807, 2.05) is 0 Å². The molecule has 19 heavy (non-hydrogen) atoms. The van der Waals surface area contributed by atoms with Crippen molar-refractivity contribution in [2.45, 2.75) is 17.1 Å². The fourth-order valence-corrected chi connectivity index (χ4v) is 2.30. The molecule has 0 aliphatic rings. The SMILES string of the molecule is Cn1c(N)nnc1SCc1cccc(C(F)(F)F)c1. The second-order valence-electron chi connectivity index (χ2n) is 3.89. The van der Waals surface area contributed by atoms with Crippen LogP contribution in [0, 0.1) is 0 Å². The Bertz CT molecular complexity index is 580. The lowest BCUT2D eigenvalue weighted by Crippen LogP contribution is -2.05. The normalized spacial score (nSPS) is 11.8. The smallest absolute Gasteiger partial charge is 0.368 e. The van der Waals surface area contributed by atoms with Crippen LogP contribution >= 0.6 is 11.8 Å². The number of nitrogen functional groups attached to an aromatic ring is 1. The summed E-state index contributed by atoms with van der Waals surface area (Å²) in [5.74, 6) is 0.641. The van der Waals surface area contributed by atoms with Gasteiger partial charge in [-0.3, -0.25) is 4.57 Å². The molecule has 2 rings (SSSR count). The zero-order chi connectivity index (χ0) is 14.0. The molecule has 0 radical (unpaired) electrons. The topological polar surface area (TPSA) is 56.7 Å². The first-order valence-corrected chi connectivity index (χ1v) is 6.30. The third kappa shape index (κ3) is 3.19. The van der Waals surface area contributed by atoms with Gasteiger partial charge >= 0.3 is 6.18 Å². The number of anilines is 1. The van der Waals surface area contributed by atoms with E-state index in [0.29, 0.717) is 16.5 Å². The summed E-state index contributed by atoms with van der Waals surface area (Å²) < 4.78 is 39.2. The summed E-state index contributed by atoms with van der Waals surface area (Å²) in [6.07, 6.45) is -4.32. The maximum atomic E-state index is 12.5. The average Bonchev–Trinajstić information content (AvgIpc) is 2.67. The molecule has 0 bridgehead atoms. The molecule has 4 nitrogen and oxygen atoms in total. The lowest BCUT2D eigenvalue weighted by atomic mass is 10.1. The number of aromatic nitrogens is 3. The lowest BCUT2D eigenvalue weighted by Gasteiger charge is -2.08. The minimum absolute atomic E-state index is 0.270. The van der Waals surface area contributed by atoms with Crippen molar-refractivity contribution >= 4 is 17.7 Å². The van der Waals surface area contributed by atoms with E-state index in [0.717, 1.165) is 12.1 Å². The summed E-state index contributed by atoms with van der Waals surface area (Å²) in [6.45, 7) is 0. The van der Waals surface area contributed by atoms with Gasteiger partial charge in [-0.05, 0) is 11.6 Å². The number of rotatable bonds is 3. The Morgan fingerprint density at radius 2 is 2.05 bits per heavy atom. The first kappa shape index (κ1) is 13.7. The van der Waals surface area contributed by atoms with Crippen molar-refractivity contribution < 1.29 is 13.2 Å². The molecule has 8 heteroatoms. The fraction of sp³-hybridized carbons (Fsp3) is 0.273. The van der Waals surface area contributed by atoms with Crippen LogP contribution in [0.15, 0.2) is 29.4 Å². The largest absolute Gasteiger partial charge is 0.416 e. The Morgan fingerprint density at radius 3 is 2.63 bits per heavy atom. The third-order valence-electron chi connectivity index (χ3n) is 2.49. The minimum Gasteiger partial charge on any atom is -0.368 e. The summed E-state index contributed by atoms with van der Waals surface area (Å²) >= 11 is 1.28. The van der Waals surface area contributed by atoms with Crippen LogP contribution in [0.1, 0.15) is 11.1 Å². The van der Waals surface area contributed by atoms with E-state index in [-0.39, 0.29) is 5.95 Å². The van der Waals surface area contributed by atoms with Crippen LogP contribution in [0.2, 0.25) is 0 Å². The van der Waals surface area contributed by atoms with E-state index < -0.39 is 11.7 Å². The number of nitrogens with two attached hydrogens (primary N) is 1. The standard InChI is InChI=1S/C11H11F3N4S/c1-18-9(15)16-17-10(18)19-6-7-3-2-4-8(5-7)11(12,13)14/h2-5H,6H2,1H3,(H2,15,16). The Hall–Kier alpha value is -1.70. The van der Waals surface area contributed by atoms with E-state index in [1.54, 1.807) is 17.7 Å². The predicted molar refractivity (Wildman–Crippen MR) is 66.4 cm³/mol. The van der Waals surface area contributed by atoms with Crippen LogP contribution in [-0.2, 0) is 19.0 Å². The van der Waals surface area contributed by atoms with Gasteiger partial charge in [-0.25, -0.2) is 0 Å². The summed E-state index contributed by atoms with van der Waals surface area (Å²) in [6, 6.07) is 5.22. The van der Waals surface area contributed by atoms with Gasteiger partial charge in [0, 0.05) is 12.8 Å². The highest BCUT2D eigenvalue weighted by Crippen LogP contribution is 2.31. The van der Waals surface area contributed by atoms with Crippen LogP contribution in [-0.4, -0.2) is 14.8 Å². The molecule has 0 spiro atoms. The second-order valence-corrected chi connectivity index (χ2v) is 4.83. The quantitative estimate of drug-likeness (QED) is 0.882. The summed E-state index contributed by atoms with van der Waals surface area (Å²) in [4.78, 5) is 0. The van der Waals surface area contributed by atoms with Crippen molar-refractivity contribution in [1.82, 2.24) is 14.8 Å². The lowest BCUT2D eigenvalue weighted by molar-refractivity contribution is -0.137. The molecule has 0 atom stereocenters. The molecule has 2 N–H and O–H groups in total. The van der Waals surface area contributed by atoms with Gasteiger partial charge in [0.05, 0.1) is 5.56 Å². The zero-order valence-corrected chi connectivity index (χ0v) is 10.8. The number of halogens is 3. The maximum absolute atomic E-state index is 12.5. The number of benzene rings is 1. The number of alkyl halides is 3. The average molecular weight is 288 g/mol. The zero-order valence-electron chi connectivity index (χ0n) is 9.98. The van der Waals surface area contributed by atoms with E-state index in [9.17, 15) is 13.2 Å². The second kappa shape index (κ2) is 5.12. The monoisotopic (exact) mass is 288 g/mol. The predicted octanol–water partition coefficient (Wildman–Crippen LogP) is 2.71. The van der Waals surface area contributed by atoms with Crippen molar-refractivity contribution in [2.24, 2.45) is 7.05 Å². The van der Waals surface area contributed by atoms with Crippen LogP contribution in [0.4, 0.5) is 19.1 Å². The van der Waals surface area contributed by atoms with Crippen molar-refractivity contribution in [3.8, 4) is 0 Å². The molecule has 0 aliphatic heterocycles. The molecule has 0 unspecified atom stereocenters. The molecule has 0 fully saturated rings. The Kier molecular flexibility index (Phi) is 3.70. The van der Waals surface area contributed by atoms with Crippen molar-refractivity contribution in [3.05, 3.63) is 35.4 Å². The molecule has 102 valence electrons. The number of thioether (sulfide) groups is 1. The molecule has 1 aromatic heterocycles. The van der Waals surface area contributed by atoms with Crippen LogP contribution in [0.25, 0.3) is 0 Å². The van der Waals surface area contributed by atoms with E-state index in [4.69, 9.17) is 5.73 Å². The van der Waals surface area contributed by atoms with Gasteiger partial charge in [0.15, 0.2) is 5.16 Å².